The molecule has 2 aromatic carbocycles. The summed E-state index contributed by atoms with van der Waals surface area (Å²) in [6.07, 6.45) is 0.827. The number of rotatable bonds is 3. The molecule has 0 unspecified atom stereocenters. The molecule has 0 bridgehead atoms. The van der Waals surface area contributed by atoms with Crippen LogP contribution in [0.25, 0.3) is 0 Å². The first-order chi connectivity index (χ1) is 8.61. The van der Waals surface area contributed by atoms with E-state index in [0.29, 0.717) is 11.3 Å². The maximum atomic E-state index is 11.0. The monoisotopic (exact) mass is 240 g/mol. The lowest BCUT2D eigenvalue weighted by molar-refractivity contribution is 0.112. The highest BCUT2D eigenvalue weighted by molar-refractivity contribution is 5.79. The molecule has 2 aromatic rings. The molecule has 0 radical (unpaired) electrons. The van der Waals surface area contributed by atoms with Crippen LogP contribution in [-0.2, 0) is 0 Å². The van der Waals surface area contributed by atoms with E-state index in [-0.39, 0.29) is 0 Å². The molecule has 0 aliphatic rings. The van der Waals surface area contributed by atoms with Gasteiger partial charge in [-0.3, -0.25) is 4.79 Å². The predicted molar refractivity (Wildman–Crippen MR) is 72.6 cm³/mol. The van der Waals surface area contributed by atoms with Crippen molar-refractivity contribution in [2.24, 2.45) is 0 Å². The molecule has 0 atom stereocenters. The van der Waals surface area contributed by atoms with Crippen LogP contribution < -0.4 is 4.74 Å². The van der Waals surface area contributed by atoms with Gasteiger partial charge in [-0.15, -0.1) is 0 Å². The zero-order chi connectivity index (χ0) is 13.1. The lowest BCUT2D eigenvalue weighted by Crippen LogP contribution is -1.94. The Morgan fingerprint density at radius 1 is 1.00 bits per heavy atom. The zero-order valence-electron chi connectivity index (χ0n) is 10.9. The fourth-order valence-corrected chi connectivity index (χ4v) is 1.81. The van der Waals surface area contributed by atoms with E-state index < -0.39 is 0 Å². The quantitative estimate of drug-likeness (QED) is 0.751. The van der Waals surface area contributed by atoms with Crippen LogP contribution in [0.4, 0.5) is 0 Å². The summed E-state index contributed by atoms with van der Waals surface area (Å²) in [4.78, 5) is 11.0. The summed E-state index contributed by atoms with van der Waals surface area (Å²) >= 11 is 0. The van der Waals surface area contributed by atoms with E-state index in [1.807, 2.05) is 57.2 Å². The Hall–Kier alpha value is -2.09. The Kier molecular flexibility index (Phi) is 3.47. The highest BCUT2D eigenvalue weighted by atomic mass is 16.5. The van der Waals surface area contributed by atoms with Gasteiger partial charge < -0.3 is 4.74 Å². The predicted octanol–water partition coefficient (Wildman–Crippen LogP) is 4.22. The molecule has 0 saturated heterocycles. The van der Waals surface area contributed by atoms with Gasteiger partial charge in [-0.2, -0.15) is 0 Å². The van der Waals surface area contributed by atoms with Crippen LogP contribution in [0.15, 0.2) is 36.4 Å². The van der Waals surface area contributed by atoms with Crippen LogP contribution >= 0.6 is 0 Å². The van der Waals surface area contributed by atoms with Gasteiger partial charge in [0, 0.05) is 0 Å². The van der Waals surface area contributed by atoms with Crippen molar-refractivity contribution in [3.63, 3.8) is 0 Å². The smallest absolute Gasteiger partial charge is 0.153 e. The van der Waals surface area contributed by atoms with Crippen LogP contribution in [0.1, 0.15) is 27.0 Å². The zero-order valence-corrected chi connectivity index (χ0v) is 10.9. The molecule has 2 rings (SSSR count). The van der Waals surface area contributed by atoms with Crippen molar-refractivity contribution in [1.82, 2.24) is 0 Å². The maximum Gasteiger partial charge on any atom is 0.153 e. The second kappa shape index (κ2) is 5.05. The maximum absolute atomic E-state index is 11.0. The Labute approximate surface area is 107 Å². The minimum absolute atomic E-state index is 0.580. The highest BCUT2D eigenvalue weighted by Crippen LogP contribution is 2.29. The van der Waals surface area contributed by atoms with Crippen LogP contribution in [0.3, 0.4) is 0 Å². The topological polar surface area (TPSA) is 26.3 Å². The normalized spacial score (nSPS) is 10.2. The van der Waals surface area contributed by atoms with E-state index in [0.717, 1.165) is 23.2 Å². The molecule has 2 heteroatoms. The molecule has 0 spiro atoms. The van der Waals surface area contributed by atoms with Gasteiger partial charge in [-0.05, 0) is 50.1 Å². The number of aldehydes is 1. The standard InChI is InChI=1S/C16H16O2/c1-11-7-8-16(14(9-11)10-17)18-15-6-4-5-12(2)13(15)3/h4-10H,1-3H3. The van der Waals surface area contributed by atoms with Crippen LogP contribution in [-0.4, -0.2) is 6.29 Å². The second-order valence-electron chi connectivity index (χ2n) is 4.46. The van der Waals surface area contributed by atoms with Gasteiger partial charge in [0.05, 0.1) is 5.56 Å². The first kappa shape index (κ1) is 12.4. The van der Waals surface area contributed by atoms with Crippen molar-refractivity contribution in [3.8, 4) is 11.5 Å². The third-order valence-corrected chi connectivity index (χ3v) is 3.07. The second-order valence-corrected chi connectivity index (χ2v) is 4.46. The molecule has 0 amide bonds. The summed E-state index contributed by atoms with van der Waals surface area (Å²) in [5.41, 5.74) is 3.89. The number of aryl methyl sites for hydroxylation is 2. The van der Waals surface area contributed by atoms with E-state index in [1.54, 1.807) is 0 Å². The van der Waals surface area contributed by atoms with Gasteiger partial charge in [0.25, 0.3) is 0 Å². The molecule has 2 nitrogen and oxygen atoms in total. The fraction of sp³-hybridized carbons (Fsp3) is 0.188. The molecular weight excluding hydrogens is 224 g/mol. The minimum Gasteiger partial charge on any atom is -0.456 e. The van der Waals surface area contributed by atoms with Crippen LogP contribution in [0.5, 0.6) is 11.5 Å². The first-order valence-electron chi connectivity index (χ1n) is 5.91. The summed E-state index contributed by atoms with van der Waals surface area (Å²) in [6, 6.07) is 11.5. The molecule has 0 N–H and O–H groups in total. The van der Waals surface area contributed by atoms with Crippen molar-refractivity contribution < 1.29 is 9.53 Å². The molecular formula is C16H16O2. The van der Waals surface area contributed by atoms with E-state index in [9.17, 15) is 4.79 Å². The molecule has 18 heavy (non-hydrogen) atoms. The van der Waals surface area contributed by atoms with E-state index in [1.165, 1.54) is 5.56 Å². The Balaban J connectivity index is 2.40. The number of hydrogen-bond donors (Lipinski definition) is 0. The van der Waals surface area contributed by atoms with Crippen LogP contribution in [0.2, 0.25) is 0 Å². The van der Waals surface area contributed by atoms with Gasteiger partial charge in [-0.1, -0.05) is 23.8 Å². The number of ether oxygens (including phenoxy) is 1. The third kappa shape index (κ3) is 2.43. The first-order valence-corrected chi connectivity index (χ1v) is 5.91. The summed E-state index contributed by atoms with van der Waals surface area (Å²) in [5.74, 6) is 1.39. The number of carbonyl (C=O) groups is 1. The number of benzene rings is 2. The molecule has 92 valence electrons. The fourth-order valence-electron chi connectivity index (χ4n) is 1.81. The Bertz CT molecular complexity index is 586. The summed E-state index contributed by atoms with van der Waals surface area (Å²) in [5, 5.41) is 0. The largest absolute Gasteiger partial charge is 0.456 e. The third-order valence-electron chi connectivity index (χ3n) is 3.07. The molecule has 0 heterocycles. The molecule has 0 fully saturated rings. The van der Waals surface area contributed by atoms with E-state index >= 15 is 0 Å². The van der Waals surface area contributed by atoms with Gasteiger partial charge in [-0.25, -0.2) is 0 Å². The lowest BCUT2D eigenvalue weighted by Gasteiger charge is -2.12. The van der Waals surface area contributed by atoms with Crippen molar-refractivity contribution >= 4 is 6.29 Å². The van der Waals surface area contributed by atoms with E-state index in [2.05, 4.69) is 0 Å². The molecule has 0 aromatic heterocycles. The van der Waals surface area contributed by atoms with Crippen molar-refractivity contribution in [2.75, 3.05) is 0 Å². The van der Waals surface area contributed by atoms with Crippen molar-refractivity contribution in [2.45, 2.75) is 20.8 Å². The molecule has 0 aliphatic heterocycles. The Morgan fingerprint density at radius 3 is 2.50 bits per heavy atom. The number of carbonyl (C=O) groups excluding carboxylic acids is 1. The van der Waals surface area contributed by atoms with Crippen LogP contribution in [0, 0.1) is 20.8 Å². The van der Waals surface area contributed by atoms with Crippen molar-refractivity contribution in [1.29, 1.82) is 0 Å². The van der Waals surface area contributed by atoms with Gasteiger partial charge in [0.2, 0.25) is 0 Å². The minimum atomic E-state index is 0.580. The molecule has 0 aliphatic carbocycles. The Morgan fingerprint density at radius 2 is 1.78 bits per heavy atom. The lowest BCUT2D eigenvalue weighted by atomic mass is 10.1. The van der Waals surface area contributed by atoms with Gasteiger partial charge >= 0.3 is 0 Å². The molecule has 0 saturated carbocycles. The SMILES string of the molecule is Cc1ccc(Oc2cccc(C)c2C)c(C=O)c1. The average molecular weight is 240 g/mol. The van der Waals surface area contributed by atoms with Gasteiger partial charge in [0.1, 0.15) is 11.5 Å². The summed E-state index contributed by atoms with van der Waals surface area (Å²) < 4.78 is 5.84. The van der Waals surface area contributed by atoms with E-state index in [4.69, 9.17) is 4.74 Å². The highest BCUT2D eigenvalue weighted by Gasteiger charge is 2.07. The number of hydrogen-bond acceptors (Lipinski definition) is 2. The summed E-state index contributed by atoms with van der Waals surface area (Å²) in [7, 11) is 0. The van der Waals surface area contributed by atoms with Gasteiger partial charge in [0.15, 0.2) is 6.29 Å². The van der Waals surface area contributed by atoms with Crippen molar-refractivity contribution in [3.05, 3.63) is 58.7 Å². The summed E-state index contributed by atoms with van der Waals surface area (Å²) in [6.45, 7) is 6.01. The average Bonchev–Trinajstić information content (AvgIpc) is 2.37.